The number of methoxy groups -OCH3 is 1. The van der Waals surface area contributed by atoms with Crippen molar-refractivity contribution in [2.24, 2.45) is 29.2 Å². The molecule has 64 heavy (non-hydrogen) atoms. The molecular formula is C42H48B2N10O10. The van der Waals surface area contributed by atoms with E-state index in [1.54, 1.807) is 35.2 Å². The number of fused-ring (bicyclic) bond motifs is 1. The van der Waals surface area contributed by atoms with Gasteiger partial charge in [0, 0.05) is 42.8 Å². The van der Waals surface area contributed by atoms with Crippen molar-refractivity contribution in [1.82, 2.24) is 19.6 Å². The Morgan fingerprint density at radius 1 is 0.922 bits per heavy atom. The van der Waals surface area contributed by atoms with Gasteiger partial charge in [0.1, 0.15) is 11.1 Å². The first-order valence-corrected chi connectivity index (χ1v) is 20.8. The summed E-state index contributed by atoms with van der Waals surface area (Å²) in [6, 6.07) is 13.7. The molecule has 6 N–H and O–H groups in total. The first kappa shape index (κ1) is 44.4. The molecule has 5 atom stereocenters. The highest BCUT2D eigenvalue weighted by Crippen LogP contribution is 2.39. The second-order valence-corrected chi connectivity index (χ2v) is 17.3. The number of amides is 2. The molecule has 20 nitrogen and oxygen atoms in total. The van der Waals surface area contributed by atoms with Crippen molar-refractivity contribution in [3.63, 3.8) is 0 Å². The van der Waals surface area contributed by atoms with Crippen LogP contribution in [-0.4, -0.2) is 108 Å². The number of carbonyl (C=O) groups excluding carboxylic acids is 3. The third kappa shape index (κ3) is 8.20. The molecule has 4 aliphatic heterocycles. The predicted octanol–water partition coefficient (Wildman–Crippen LogP) is 1.59. The SMILES string of the molecule is COC(=O)c1ccc(Nc2nn(C3COCC(CN(c4ccc5c(c4)B(O)OC5)c4nn(C5COCC[C@@H]5C#N)cc4C(N)=O)[C@@H]3C#N)cc2C(N)=O)cc1B1OC(C)(C)C(C)(C)O1. The first-order valence-electron chi connectivity index (χ1n) is 20.8. The van der Waals surface area contributed by atoms with Crippen molar-refractivity contribution in [3.8, 4) is 12.1 Å². The summed E-state index contributed by atoms with van der Waals surface area (Å²) in [5.41, 5.74) is 13.4. The van der Waals surface area contributed by atoms with Gasteiger partial charge in [0.15, 0.2) is 11.6 Å². The van der Waals surface area contributed by atoms with Gasteiger partial charge in [-0.1, -0.05) is 6.07 Å². The van der Waals surface area contributed by atoms with Crippen molar-refractivity contribution in [2.75, 3.05) is 50.3 Å². The van der Waals surface area contributed by atoms with Gasteiger partial charge in [0.2, 0.25) is 0 Å². The molecule has 6 heterocycles. The van der Waals surface area contributed by atoms with E-state index >= 15 is 0 Å². The van der Waals surface area contributed by atoms with E-state index in [-0.39, 0.29) is 61.3 Å². The molecule has 3 fully saturated rings. The minimum absolute atomic E-state index is 0.0209. The fourth-order valence-corrected chi connectivity index (χ4v) is 8.51. The Bertz CT molecular complexity index is 2550. The lowest BCUT2D eigenvalue weighted by molar-refractivity contribution is -0.00561. The van der Waals surface area contributed by atoms with Crippen molar-refractivity contribution in [1.29, 1.82) is 10.5 Å². The van der Waals surface area contributed by atoms with Crippen LogP contribution < -0.4 is 32.6 Å². The standard InChI is InChI=1S/C42H48B2N10O10/c1-41(2)42(3,4)64-44(63-41)33-12-26(7-9-28(33)40(57)59-5)49-38-30(36(47)55)17-54(50-38)35-22-61-19-25(29(35)15-46)16-52(27-8-6-24-20-62-43(58)32(24)13-27)39-31(37(48)56)18-53(51-39)34-21-60-11-10-23(34)14-45/h6-9,12-13,17-18,23,25,29,34-35,58H,10-11,16,19-22H2,1-5H3,(H2,47,55)(H2,48,56)(H,49,50)/t23-,25?,29+,34?,35?/m1/s1. The zero-order chi connectivity index (χ0) is 45.7. The van der Waals surface area contributed by atoms with Crippen molar-refractivity contribution in [2.45, 2.75) is 64.0 Å². The van der Waals surface area contributed by atoms with Gasteiger partial charge in [-0.25, -0.2) is 4.79 Å². The van der Waals surface area contributed by atoms with E-state index in [1.165, 1.54) is 28.9 Å². The number of nitrogens with one attached hydrogen (secondary N) is 1. The number of esters is 1. The van der Waals surface area contributed by atoms with Crippen molar-refractivity contribution in [3.05, 3.63) is 71.0 Å². The zero-order valence-electron chi connectivity index (χ0n) is 36.0. The van der Waals surface area contributed by atoms with Crippen LogP contribution in [0.3, 0.4) is 0 Å². The van der Waals surface area contributed by atoms with E-state index in [1.807, 2.05) is 33.8 Å². The average molecular weight is 875 g/mol. The molecule has 332 valence electrons. The van der Waals surface area contributed by atoms with Crippen LogP contribution in [-0.2, 0) is 34.8 Å². The number of aromatic nitrogens is 4. The molecule has 4 aromatic rings. The first-order chi connectivity index (χ1) is 30.5. The predicted molar refractivity (Wildman–Crippen MR) is 230 cm³/mol. The molecule has 2 amide bonds. The van der Waals surface area contributed by atoms with Gasteiger partial charge in [-0.05, 0) is 80.9 Å². The third-order valence-corrected chi connectivity index (χ3v) is 12.8. The quantitative estimate of drug-likeness (QED) is 0.116. The normalized spacial score (nSPS) is 23.5. The topological polar surface area (TPSA) is 277 Å². The van der Waals surface area contributed by atoms with Crippen LogP contribution in [0.15, 0.2) is 48.8 Å². The third-order valence-electron chi connectivity index (χ3n) is 12.8. The van der Waals surface area contributed by atoms with Gasteiger partial charge >= 0.3 is 20.2 Å². The summed E-state index contributed by atoms with van der Waals surface area (Å²) in [5.74, 6) is -3.71. The maximum atomic E-state index is 13.1. The summed E-state index contributed by atoms with van der Waals surface area (Å²) in [6.45, 7) is 8.62. The number of nitrogens with zero attached hydrogens (tertiary/aromatic N) is 7. The number of primary amides is 2. The van der Waals surface area contributed by atoms with Crippen LogP contribution in [0.4, 0.5) is 23.0 Å². The number of rotatable bonds is 12. The molecule has 0 radical (unpaired) electrons. The Kier molecular flexibility index (Phi) is 12.0. The maximum absolute atomic E-state index is 13.1. The molecule has 22 heteroatoms. The van der Waals surface area contributed by atoms with Crippen LogP contribution in [0.2, 0.25) is 0 Å². The van der Waals surface area contributed by atoms with E-state index < -0.39 is 73.1 Å². The number of nitriles is 2. The van der Waals surface area contributed by atoms with Crippen LogP contribution in [0.25, 0.3) is 0 Å². The number of ether oxygens (including phenoxy) is 3. The fourth-order valence-electron chi connectivity index (χ4n) is 8.51. The lowest BCUT2D eigenvalue weighted by Gasteiger charge is -2.37. The van der Waals surface area contributed by atoms with E-state index in [2.05, 4.69) is 17.5 Å². The Labute approximate surface area is 369 Å². The fraction of sp³-hybridized carbons (Fsp3) is 0.452. The molecule has 0 bridgehead atoms. The van der Waals surface area contributed by atoms with E-state index in [9.17, 15) is 29.9 Å². The van der Waals surface area contributed by atoms with Gasteiger partial charge in [-0.3, -0.25) is 19.0 Å². The van der Waals surface area contributed by atoms with Gasteiger partial charge in [0.25, 0.3) is 11.8 Å². The number of carbonyl (C=O) groups is 3. The molecule has 2 aromatic carbocycles. The summed E-state index contributed by atoms with van der Waals surface area (Å²) in [6.07, 6.45) is 3.44. The van der Waals surface area contributed by atoms with Crippen LogP contribution >= 0.6 is 0 Å². The average Bonchev–Trinajstić information content (AvgIpc) is 4.05. The Hall–Kier alpha value is -6.26. The van der Waals surface area contributed by atoms with Crippen LogP contribution in [0, 0.1) is 40.4 Å². The molecule has 4 aliphatic rings. The number of hydrogen-bond acceptors (Lipinski definition) is 16. The summed E-state index contributed by atoms with van der Waals surface area (Å²) >= 11 is 0. The minimum Gasteiger partial charge on any atom is -0.465 e. The number of nitrogens with two attached hydrogens (primary N) is 2. The molecule has 2 aromatic heterocycles. The molecule has 0 spiro atoms. The van der Waals surface area contributed by atoms with Gasteiger partial charge in [-0.15, -0.1) is 0 Å². The highest BCUT2D eigenvalue weighted by atomic mass is 16.7. The van der Waals surface area contributed by atoms with E-state index in [4.69, 9.17) is 49.8 Å². The largest absolute Gasteiger partial charge is 0.495 e. The Morgan fingerprint density at radius 2 is 1.62 bits per heavy atom. The number of anilines is 4. The summed E-state index contributed by atoms with van der Waals surface area (Å²) in [4.78, 5) is 40.7. The Morgan fingerprint density at radius 3 is 2.31 bits per heavy atom. The summed E-state index contributed by atoms with van der Waals surface area (Å²) in [7, 11) is -0.836. The van der Waals surface area contributed by atoms with Gasteiger partial charge in [0.05, 0.1) is 86.4 Å². The number of benzene rings is 2. The minimum atomic E-state index is -1.18. The summed E-state index contributed by atoms with van der Waals surface area (Å²) in [5, 5.41) is 44.2. The van der Waals surface area contributed by atoms with Crippen LogP contribution in [0.5, 0.6) is 0 Å². The highest BCUT2D eigenvalue weighted by Gasteiger charge is 2.53. The van der Waals surface area contributed by atoms with Crippen molar-refractivity contribution < 1.29 is 47.6 Å². The Balaban J connectivity index is 1.13. The molecular weight excluding hydrogens is 826 g/mol. The van der Waals surface area contributed by atoms with Gasteiger partial charge < -0.3 is 54.9 Å². The van der Waals surface area contributed by atoms with E-state index in [0.29, 0.717) is 35.3 Å². The second kappa shape index (κ2) is 17.4. The zero-order valence-corrected chi connectivity index (χ0v) is 36.0. The lowest BCUT2D eigenvalue weighted by atomic mass is 9.75. The van der Waals surface area contributed by atoms with Crippen molar-refractivity contribution >= 4 is 66.0 Å². The monoisotopic (exact) mass is 874 g/mol. The molecule has 0 saturated carbocycles. The smallest absolute Gasteiger partial charge is 0.465 e. The second-order valence-electron chi connectivity index (χ2n) is 17.3. The number of hydrogen-bond donors (Lipinski definition) is 4. The lowest BCUT2D eigenvalue weighted by Crippen LogP contribution is -2.42. The molecule has 8 rings (SSSR count). The molecule has 0 aliphatic carbocycles. The van der Waals surface area contributed by atoms with E-state index in [0.717, 1.165) is 5.56 Å². The highest BCUT2D eigenvalue weighted by molar-refractivity contribution is 6.64. The van der Waals surface area contributed by atoms with Gasteiger partial charge in [-0.2, -0.15) is 20.7 Å². The van der Waals surface area contributed by atoms with Crippen LogP contribution in [0.1, 0.15) is 82.8 Å². The summed E-state index contributed by atoms with van der Waals surface area (Å²) < 4.78 is 37.9. The molecule has 3 unspecified atom stereocenters. The maximum Gasteiger partial charge on any atom is 0.495 e. The molecule has 3 saturated heterocycles.